The molecule has 0 atom stereocenters. The first-order chi connectivity index (χ1) is 8.98. The fourth-order valence-electron chi connectivity index (χ4n) is 2.06. The number of rotatable bonds is 6. The summed E-state index contributed by atoms with van der Waals surface area (Å²) in [7, 11) is -1.48. The van der Waals surface area contributed by atoms with Crippen molar-refractivity contribution in [2.75, 3.05) is 33.1 Å². The predicted octanol–water partition coefficient (Wildman–Crippen LogP) is -0.606. The van der Waals surface area contributed by atoms with E-state index in [-0.39, 0.29) is 6.54 Å². The molecule has 2 rings (SSSR count). The lowest BCUT2D eigenvalue weighted by molar-refractivity contribution is 0.130. The Kier molecular flexibility index (Phi) is 4.56. The highest BCUT2D eigenvalue weighted by atomic mass is 32.2. The van der Waals surface area contributed by atoms with Crippen LogP contribution in [0.25, 0.3) is 0 Å². The van der Waals surface area contributed by atoms with Gasteiger partial charge < -0.3 is 9.30 Å². The molecule has 108 valence electrons. The van der Waals surface area contributed by atoms with Crippen LogP contribution in [0.4, 0.5) is 0 Å². The van der Waals surface area contributed by atoms with Gasteiger partial charge in [0.1, 0.15) is 5.82 Å². The molecule has 1 N–H and O–H groups in total. The van der Waals surface area contributed by atoms with Crippen LogP contribution in [0.5, 0.6) is 0 Å². The molecular weight excluding hydrogens is 268 g/mol. The monoisotopic (exact) mass is 288 g/mol. The van der Waals surface area contributed by atoms with Crippen molar-refractivity contribution >= 4 is 10.0 Å². The van der Waals surface area contributed by atoms with Crippen LogP contribution in [0.15, 0.2) is 6.20 Å². The molecule has 1 aromatic rings. The summed E-state index contributed by atoms with van der Waals surface area (Å²) in [6, 6.07) is 0. The molecule has 0 saturated heterocycles. The molecule has 0 aliphatic carbocycles. The minimum absolute atomic E-state index is 0.247. The van der Waals surface area contributed by atoms with E-state index in [0.29, 0.717) is 6.61 Å². The maximum Gasteiger partial charge on any atom is 0.209 e. The van der Waals surface area contributed by atoms with Gasteiger partial charge in [-0.25, -0.2) is 18.1 Å². The van der Waals surface area contributed by atoms with Crippen molar-refractivity contribution < 1.29 is 13.2 Å². The molecule has 0 bridgehead atoms. The average Bonchev–Trinajstić information content (AvgIpc) is 2.75. The van der Waals surface area contributed by atoms with Crippen LogP contribution >= 0.6 is 0 Å². The Hall–Kier alpha value is -0.960. The number of hydrogen-bond acceptors (Lipinski definition) is 5. The second kappa shape index (κ2) is 6.00. The van der Waals surface area contributed by atoms with E-state index in [1.165, 1.54) is 0 Å². The number of nitrogens with zero attached hydrogens (tertiary/aromatic N) is 3. The molecule has 0 fully saturated rings. The lowest BCUT2D eigenvalue weighted by Gasteiger charge is -2.26. The third-order valence-electron chi connectivity index (χ3n) is 3.06. The second-order valence-electron chi connectivity index (χ2n) is 4.70. The van der Waals surface area contributed by atoms with Crippen molar-refractivity contribution in [1.82, 2.24) is 19.2 Å². The predicted molar refractivity (Wildman–Crippen MR) is 71.1 cm³/mol. The fraction of sp³-hybridized carbons (Fsp3) is 0.727. The normalized spacial score (nSPS) is 16.5. The number of sulfonamides is 1. The van der Waals surface area contributed by atoms with Gasteiger partial charge in [0.05, 0.1) is 31.6 Å². The topological polar surface area (TPSA) is 76.5 Å². The SMILES string of the molecule is COCCN1CCn2cc(CNS(C)(=O)=O)nc2C1. The largest absolute Gasteiger partial charge is 0.383 e. The van der Waals surface area contributed by atoms with E-state index in [2.05, 4.69) is 19.2 Å². The molecule has 0 saturated carbocycles. The van der Waals surface area contributed by atoms with Crippen LogP contribution in [-0.2, 0) is 34.4 Å². The lowest BCUT2D eigenvalue weighted by atomic mass is 10.3. The zero-order valence-corrected chi connectivity index (χ0v) is 12.1. The maximum atomic E-state index is 11.1. The van der Waals surface area contributed by atoms with Gasteiger partial charge in [-0.15, -0.1) is 0 Å². The summed E-state index contributed by atoms with van der Waals surface area (Å²) in [5.41, 5.74) is 0.758. The Bertz CT molecular complexity index is 526. The van der Waals surface area contributed by atoms with Gasteiger partial charge in [0.15, 0.2) is 0 Å². The first-order valence-corrected chi connectivity index (χ1v) is 8.08. The molecule has 7 nitrogen and oxygen atoms in total. The summed E-state index contributed by atoms with van der Waals surface area (Å²) >= 11 is 0. The maximum absolute atomic E-state index is 11.1. The van der Waals surface area contributed by atoms with Gasteiger partial charge in [-0.2, -0.15) is 0 Å². The van der Waals surface area contributed by atoms with Crippen LogP contribution in [0.2, 0.25) is 0 Å². The minimum atomic E-state index is -3.17. The number of ether oxygens (including phenoxy) is 1. The molecule has 0 radical (unpaired) electrons. The third kappa shape index (κ3) is 4.27. The van der Waals surface area contributed by atoms with E-state index in [4.69, 9.17) is 4.74 Å². The molecular formula is C11H20N4O3S. The summed E-state index contributed by atoms with van der Waals surface area (Å²) < 4.78 is 31.7. The van der Waals surface area contributed by atoms with Gasteiger partial charge in [0.2, 0.25) is 10.0 Å². The smallest absolute Gasteiger partial charge is 0.209 e. The molecule has 0 spiro atoms. The molecule has 19 heavy (non-hydrogen) atoms. The van der Waals surface area contributed by atoms with Crippen LogP contribution in [0.1, 0.15) is 11.5 Å². The van der Waals surface area contributed by atoms with Gasteiger partial charge in [-0.05, 0) is 0 Å². The van der Waals surface area contributed by atoms with Crippen molar-refractivity contribution in [1.29, 1.82) is 0 Å². The Labute approximate surface area is 113 Å². The summed E-state index contributed by atoms with van der Waals surface area (Å²) in [6.45, 7) is 4.47. The fourth-order valence-corrected chi connectivity index (χ4v) is 2.47. The van der Waals surface area contributed by atoms with Crippen LogP contribution < -0.4 is 4.72 Å². The standard InChI is InChI=1S/C11H20N4O3S/c1-18-6-5-14-3-4-15-8-10(13-11(15)9-14)7-12-19(2,16)17/h8,12H,3-7,9H2,1-2H3. The van der Waals surface area contributed by atoms with Gasteiger partial charge in [-0.1, -0.05) is 0 Å². The zero-order valence-electron chi connectivity index (χ0n) is 11.3. The molecule has 0 amide bonds. The van der Waals surface area contributed by atoms with Gasteiger partial charge in [0.25, 0.3) is 0 Å². The van der Waals surface area contributed by atoms with E-state index < -0.39 is 10.0 Å². The number of imidazole rings is 1. The van der Waals surface area contributed by atoms with E-state index in [0.717, 1.165) is 44.0 Å². The first kappa shape index (κ1) is 14.4. The summed E-state index contributed by atoms with van der Waals surface area (Å²) in [5, 5.41) is 0. The Balaban J connectivity index is 1.96. The lowest BCUT2D eigenvalue weighted by Crippen LogP contribution is -2.35. The van der Waals surface area contributed by atoms with Crippen LogP contribution in [0.3, 0.4) is 0 Å². The number of nitrogens with one attached hydrogen (secondary N) is 1. The van der Waals surface area contributed by atoms with Crippen molar-refractivity contribution in [3.63, 3.8) is 0 Å². The van der Waals surface area contributed by atoms with Crippen molar-refractivity contribution in [3.05, 3.63) is 17.7 Å². The van der Waals surface area contributed by atoms with Gasteiger partial charge in [0, 0.05) is 32.9 Å². The van der Waals surface area contributed by atoms with Crippen molar-refractivity contribution in [2.45, 2.75) is 19.6 Å². The second-order valence-corrected chi connectivity index (χ2v) is 6.54. The quantitative estimate of drug-likeness (QED) is 0.756. The van der Waals surface area contributed by atoms with E-state index in [9.17, 15) is 8.42 Å². The average molecular weight is 288 g/mol. The Morgan fingerprint density at radius 3 is 2.95 bits per heavy atom. The van der Waals surface area contributed by atoms with Gasteiger partial charge in [-0.3, -0.25) is 4.90 Å². The van der Waals surface area contributed by atoms with Crippen LogP contribution in [0, 0.1) is 0 Å². The van der Waals surface area contributed by atoms with Crippen LogP contribution in [-0.4, -0.2) is 55.9 Å². The van der Waals surface area contributed by atoms with Crippen molar-refractivity contribution in [2.24, 2.45) is 0 Å². The highest BCUT2D eigenvalue weighted by Crippen LogP contribution is 2.12. The molecule has 1 aliphatic rings. The van der Waals surface area contributed by atoms with E-state index in [1.54, 1.807) is 7.11 Å². The number of aromatic nitrogens is 2. The first-order valence-electron chi connectivity index (χ1n) is 6.19. The molecule has 0 aromatic carbocycles. The zero-order chi connectivity index (χ0) is 13.9. The number of methoxy groups -OCH3 is 1. The Morgan fingerprint density at radius 2 is 2.26 bits per heavy atom. The van der Waals surface area contributed by atoms with E-state index >= 15 is 0 Å². The summed E-state index contributed by atoms with van der Waals surface area (Å²) in [5.74, 6) is 0.979. The minimum Gasteiger partial charge on any atom is -0.383 e. The molecule has 1 aliphatic heterocycles. The highest BCUT2D eigenvalue weighted by molar-refractivity contribution is 7.88. The summed E-state index contributed by atoms with van der Waals surface area (Å²) in [6.07, 6.45) is 3.07. The summed E-state index contributed by atoms with van der Waals surface area (Å²) in [4.78, 5) is 6.74. The van der Waals surface area contributed by atoms with E-state index in [1.807, 2.05) is 6.20 Å². The molecule has 1 aromatic heterocycles. The molecule has 0 unspecified atom stereocenters. The molecule has 8 heteroatoms. The molecule has 2 heterocycles. The third-order valence-corrected chi connectivity index (χ3v) is 3.73. The van der Waals surface area contributed by atoms with Gasteiger partial charge >= 0.3 is 0 Å². The Morgan fingerprint density at radius 1 is 1.47 bits per heavy atom. The number of hydrogen-bond donors (Lipinski definition) is 1. The van der Waals surface area contributed by atoms with Crippen molar-refractivity contribution in [3.8, 4) is 0 Å². The number of fused-ring (bicyclic) bond motifs is 1. The highest BCUT2D eigenvalue weighted by Gasteiger charge is 2.18.